The van der Waals surface area contributed by atoms with E-state index in [4.69, 9.17) is 9.47 Å². The molecule has 0 radical (unpaired) electrons. The van der Waals surface area contributed by atoms with Gasteiger partial charge in [-0.2, -0.15) is 0 Å². The first-order chi connectivity index (χ1) is 16.8. The summed E-state index contributed by atoms with van der Waals surface area (Å²) in [4.78, 5) is 24.5. The van der Waals surface area contributed by atoms with Crippen LogP contribution in [0.25, 0.3) is 11.1 Å². The van der Waals surface area contributed by atoms with Gasteiger partial charge in [0.2, 0.25) is 0 Å². The fraction of sp³-hybridized carbons (Fsp3) is 0.310. The summed E-state index contributed by atoms with van der Waals surface area (Å²) in [5, 5.41) is 12.3. The van der Waals surface area contributed by atoms with Crippen molar-refractivity contribution < 1.29 is 24.2 Å². The molecule has 0 spiro atoms. The molecule has 6 heteroatoms. The number of benzene rings is 3. The predicted octanol–water partition coefficient (Wildman–Crippen LogP) is 5.32. The molecule has 5 rings (SSSR count). The minimum Gasteiger partial charge on any atom is -0.488 e. The van der Waals surface area contributed by atoms with Crippen LogP contribution in [-0.4, -0.2) is 35.4 Å². The molecule has 0 bridgehead atoms. The molecule has 0 fully saturated rings. The second-order valence-corrected chi connectivity index (χ2v) is 9.87. The van der Waals surface area contributed by atoms with Crippen LogP contribution in [0.2, 0.25) is 0 Å². The summed E-state index contributed by atoms with van der Waals surface area (Å²) in [6.07, 6.45) is 1.19. The highest BCUT2D eigenvalue weighted by Gasteiger charge is 2.30. The number of fused-ring (bicyclic) bond motifs is 4. The topological polar surface area (TPSA) is 84.9 Å². The molecule has 1 aliphatic heterocycles. The van der Waals surface area contributed by atoms with Gasteiger partial charge in [-0.15, -0.1) is 0 Å². The van der Waals surface area contributed by atoms with E-state index in [-0.39, 0.29) is 24.5 Å². The fourth-order valence-corrected chi connectivity index (χ4v) is 5.06. The number of nitrogens with one attached hydrogen (secondary N) is 1. The Morgan fingerprint density at radius 1 is 1.06 bits per heavy atom. The van der Waals surface area contributed by atoms with Crippen LogP contribution >= 0.6 is 0 Å². The van der Waals surface area contributed by atoms with Crippen molar-refractivity contribution in [3.8, 4) is 16.9 Å². The van der Waals surface area contributed by atoms with Gasteiger partial charge in [-0.25, -0.2) is 9.59 Å². The van der Waals surface area contributed by atoms with E-state index in [2.05, 4.69) is 31.3 Å². The van der Waals surface area contributed by atoms with Crippen LogP contribution in [0.5, 0.6) is 5.75 Å². The Hall–Kier alpha value is -3.80. The van der Waals surface area contributed by atoms with E-state index >= 15 is 0 Å². The highest BCUT2D eigenvalue weighted by Crippen LogP contribution is 2.44. The highest BCUT2D eigenvalue weighted by atomic mass is 16.5. The van der Waals surface area contributed by atoms with Gasteiger partial charge in [0.25, 0.3) is 0 Å². The van der Waals surface area contributed by atoms with Crippen LogP contribution in [0, 0.1) is 0 Å². The zero-order chi connectivity index (χ0) is 24.6. The highest BCUT2D eigenvalue weighted by molar-refractivity contribution is 5.81. The van der Waals surface area contributed by atoms with E-state index in [9.17, 15) is 14.7 Å². The van der Waals surface area contributed by atoms with Crippen molar-refractivity contribution >= 4 is 12.1 Å². The van der Waals surface area contributed by atoms with E-state index < -0.39 is 18.1 Å². The van der Waals surface area contributed by atoms with Gasteiger partial charge in [-0.05, 0) is 66.1 Å². The molecule has 1 amide bonds. The van der Waals surface area contributed by atoms with Crippen molar-refractivity contribution in [3.63, 3.8) is 0 Å². The van der Waals surface area contributed by atoms with Crippen LogP contribution in [-0.2, 0) is 22.4 Å². The van der Waals surface area contributed by atoms with Gasteiger partial charge in [0, 0.05) is 12.3 Å². The zero-order valence-electron chi connectivity index (χ0n) is 19.9. The molecule has 35 heavy (non-hydrogen) atoms. The lowest BCUT2D eigenvalue weighted by Crippen LogP contribution is -2.43. The van der Waals surface area contributed by atoms with Gasteiger partial charge in [-0.1, -0.05) is 60.7 Å². The van der Waals surface area contributed by atoms with Crippen LogP contribution in [0.4, 0.5) is 4.79 Å². The number of aryl methyl sites for hydroxylation is 1. The second kappa shape index (κ2) is 9.10. The van der Waals surface area contributed by atoms with Gasteiger partial charge in [0.1, 0.15) is 24.0 Å². The number of carboxylic acids is 1. The standard InChI is InChI=1S/C29H29NO5/c1-29(2)14-13-19-15-18(11-12-26(19)35-29)16-25(27(31)32)30-28(33)34-17-24-22-9-5-3-7-20(22)21-8-4-6-10-23(21)24/h3-12,15,24-25H,13-14,16-17H2,1-2H3,(H,30,33)(H,31,32). The molecule has 2 aliphatic rings. The Kier molecular flexibility index (Phi) is 5.97. The predicted molar refractivity (Wildman–Crippen MR) is 133 cm³/mol. The maximum atomic E-state index is 12.6. The average molecular weight is 472 g/mol. The summed E-state index contributed by atoms with van der Waals surface area (Å²) < 4.78 is 11.6. The molecule has 1 unspecified atom stereocenters. The molecule has 3 aromatic carbocycles. The zero-order valence-corrected chi connectivity index (χ0v) is 19.9. The number of hydrogen-bond donors (Lipinski definition) is 2. The molecule has 1 heterocycles. The smallest absolute Gasteiger partial charge is 0.407 e. The molecule has 3 aromatic rings. The van der Waals surface area contributed by atoms with Crippen molar-refractivity contribution in [3.05, 3.63) is 89.0 Å². The molecule has 180 valence electrons. The van der Waals surface area contributed by atoms with Gasteiger partial charge >= 0.3 is 12.1 Å². The molecule has 1 atom stereocenters. The summed E-state index contributed by atoms with van der Waals surface area (Å²) in [7, 11) is 0. The van der Waals surface area contributed by atoms with Crippen molar-refractivity contribution in [2.75, 3.05) is 6.61 Å². The minimum atomic E-state index is -1.10. The van der Waals surface area contributed by atoms with E-state index in [1.165, 1.54) is 0 Å². The van der Waals surface area contributed by atoms with Crippen LogP contribution < -0.4 is 10.1 Å². The fourth-order valence-electron chi connectivity index (χ4n) is 5.06. The van der Waals surface area contributed by atoms with Crippen molar-refractivity contribution in [1.82, 2.24) is 5.32 Å². The minimum absolute atomic E-state index is 0.0821. The first-order valence-corrected chi connectivity index (χ1v) is 12.0. The lowest BCUT2D eigenvalue weighted by Gasteiger charge is -2.32. The Bertz CT molecular complexity index is 1240. The Morgan fingerprint density at radius 2 is 1.71 bits per heavy atom. The quantitative estimate of drug-likeness (QED) is 0.508. The monoisotopic (exact) mass is 471 g/mol. The molecule has 0 saturated heterocycles. The largest absolute Gasteiger partial charge is 0.488 e. The third-order valence-corrected chi connectivity index (χ3v) is 6.88. The number of carbonyl (C=O) groups excluding carboxylic acids is 1. The number of amides is 1. The number of carbonyl (C=O) groups is 2. The summed E-state index contributed by atoms with van der Waals surface area (Å²) in [5.74, 6) is -0.351. The van der Waals surface area contributed by atoms with Crippen LogP contribution in [0.1, 0.15) is 48.4 Å². The van der Waals surface area contributed by atoms with Gasteiger partial charge in [-0.3, -0.25) is 0 Å². The SMILES string of the molecule is CC1(C)CCc2cc(CC(NC(=O)OCC3c4ccccc4-c4ccccc43)C(=O)O)ccc2O1. The van der Waals surface area contributed by atoms with Crippen LogP contribution in [0.3, 0.4) is 0 Å². The number of alkyl carbamates (subject to hydrolysis) is 1. The summed E-state index contributed by atoms with van der Waals surface area (Å²) in [6, 6.07) is 20.8. The van der Waals surface area contributed by atoms with Gasteiger partial charge < -0.3 is 19.9 Å². The normalized spacial score (nSPS) is 16.3. The third kappa shape index (κ3) is 4.74. The molecule has 1 aliphatic carbocycles. The number of rotatable bonds is 6. The van der Waals surface area contributed by atoms with E-state index in [0.717, 1.165) is 52.0 Å². The Morgan fingerprint density at radius 3 is 2.37 bits per heavy atom. The average Bonchev–Trinajstić information content (AvgIpc) is 3.15. The van der Waals surface area contributed by atoms with Crippen molar-refractivity contribution in [1.29, 1.82) is 0 Å². The van der Waals surface area contributed by atoms with Crippen molar-refractivity contribution in [2.24, 2.45) is 0 Å². The lowest BCUT2D eigenvalue weighted by atomic mass is 9.92. The first kappa shape index (κ1) is 23.0. The third-order valence-electron chi connectivity index (χ3n) is 6.88. The summed E-state index contributed by atoms with van der Waals surface area (Å²) >= 11 is 0. The summed E-state index contributed by atoms with van der Waals surface area (Å²) in [5.41, 5.74) is 6.18. The van der Waals surface area contributed by atoms with Crippen LogP contribution in [0.15, 0.2) is 66.7 Å². The Labute approximate surface area is 204 Å². The van der Waals surface area contributed by atoms with Crippen molar-refractivity contribution in [2.45, 2.75) is 50.7 Å². The molecular weight excluding hydrogens is 442 g/mol. The number of carboxylic acid groups (broad SMARTS) is 1. The maximum absolute atomic E-state index is 12.6. The number of aliphatic carboxylic acids is 1. The number of ether oxygens (including phenoxy) is 2. The van der Waals surface area contributed by atoms with E-state index in [1.54, 1.807) is 0 Å². The molecular formula is C29H29NO5. The lowest BCUT2D eigenvalue weighted by molar-refractivity contribution is -0.139. The molecule has 2 N–H and O–H groups in total. The van der Waals surface area contributed by atoms with E-state index in [0.29, 0.717) is 0 Å². The summed E-state index contributed by atoms with van der Waals surface area (Å²) in [6.45, 7) is 4.25. The molecule has 0 aromatic heterocycles. The molecule has 6 nitrogen and oxygen atoms in total. The first-order valence-electron chi connectivity index (χ1n) is 12.0. The van der Waals surface area contributed by atoms with Gasteiger partial charge in [0.05, 0.1) is 0 Å². The Balaban J connectivity index is 1.24. The number of hydrogen-bond acceptors (Lipinski definition) is 4. The molecule has 0 saturated carbocycles. The van der Waals surface area contributed by atoms with Gasteiger partial charge in [0.15, 0.2) is 0 Å². The second-order valence-electron chi connectivity index (χ2n) is 9.87. The maximum Gasteiger partial charge on any atom is 0.407 e. The van der Waals surface area contributed by atoms with E-state index in [1.807, 2.05) is 54.6 Å².